The van der Waals surface area contributed by atoms with Gasteiger partial charge in [0, 0.05) is 37.9 Å². The lowest BCUT2D eigenvalue weighted by molar-refractivity contribution is 0.666. The summed E-state index contributed by atoms with van der Waals surface area (Å²) in [4.78, 5) is 0. The standard InChI is InChI=1S/C54H34N2O/c1-3-16-35(17-4-1)38-20-7-11-25-45(38)55-46-26-12-8-21-41(46)44-34-37(30-32-48(44)55)39-24-15-28-49-52(39)42-22-9-13-27-47(42)56(49)50-33-31-40(36-18-5-2-6-19-36)53-43-23-10-14-29-51(43)57-54(50)53/h1-34H. The third kappa shape index (κ3) is 4.73. The number of nitrogens with zero attached hydrogens (tertiary/aromatic N) is 2. The molecule has 0 aliphatic carbocycles. The average Bonchev–Trinajstić information content (AvgIpc) is 3.95. The maximum absolute atomic E-state index is 6.82. The molecule has 0 aliphatic heterocycles. The summed E-state index contributed by atoms with van der Waals surface area (Å²) in [5.74, 6) is 0. The predicted octanol–water partition coefficient (Wildman–Crippen LogP) is 14.8. The van der Waals surface area contributed by atoms with Crippen molar-refractivity contribution in [3.63, 3.8) is 0 Å². The molecule has 3 heterocycles. The van der Waals surface area contributed by atoms with Crippen molar-refractivity contribution in [1.29, 1.82) is 0 Å². The van der Waals surface area contributed by atoms with Gasteiger partial charge in [0.25, 0.3) is 0 Å². The fourth-order valence-electron chi connectivity index (χ4n) is 9.30. The van der Waals surface area contributed by atoms with Crippen LogP contribution in [0.5, 0.6) is 0 Å². The van der Waals surface area contributed by atoms with Crippen molar-refractivity contribution in [3.8, 4) is 44.8 Å². The summed E-state index contributed by atoms with van der Waals surface area (Å²) in [6, 6.07) is 74.3. The molecule has 9 aromatic carbocycles. The van der Waals surface area contributed by atoms with Crippen molar-refractivity contribution in [2.24, 2.45) is 0 Å². The normalized spacial score (nSPS) is 11.9. The summed E-state index contributed by atoms with van der Waals surface area (Å²) in [7, 11) is 0. The van der Waals surface area contributed by atoms with Crippen LogP contribution in [0.1, 0.15) is 0 Å². The van der Waals surface area contributed by atoms with Gasteiger partial charge in [-0.15, -0.1) is 0 Å². The van der Waals surface area contributed by atoms with Gasteiger partial charge in [0.15, 0.2) is 5.58 Å². The maximum atomic E-state index is 6.82. The van der Waals surface area contributed by atoms with E-state index in [-0.39, 0.29) is 0 Å². The Balaban J connectivity index is 1.10. The monoisotopic (exact) mass is 726 g/mol. The molecule has 0 fully saturated rings. The van der Waals surface area contributed by atoms with Gasteiger partial charge in [0.2, 0.25) is 0 Å². The van der Waals surface area contributed by atoms with Gasteiger partial charge in [-0.25, -0.2) is 0 Å². The SMILES string of the molecule is c1ccc(-c2ccccc2-n2c3ccccc3c3cc(-c4cccc5c4c4ccccc4n5-c4ccc(-c5ccccc5)c5c4oc4ccccc45)ccc32)cc1. The summed E-state index contributed by atoms with van der Waals surface area (Å²) in [5.41, 5.74) is 15.8. The van der Waals surface area contributed by atoms with Crippen LogP contribution in [0, 0.1) is 0 Å². The Labute approximate surface area is 328 Å². The highest BCUT2D eigenvalue weighted by molar-refractivity contribution is 6.20. The average molecular weight is 727 g/mol. The van der Waals surface area contributed by atoms with Crippen LogP contribution >= 0.6 is 0 Å². The van der Waals surface area contributed by atoms with E-state index in [1.54, 1.807) is 0 Å². The van der Waals surface area contributed by atoms with Crippen molar-refractivity contribution in [1.82, 2.24) is 9.13 Å². The number of hydrogen-bond donors (Lipinski definition) is 0. The van der Waals surface area contributed by atoms with Gasteiger partial charge in [-0.3, -0.25) is 0 Å². The highest BCUT2D eigenvalue weighted by Crippen LogP contribution is 2.45. The second-order valence-electron chi connectivity index (χ2n) is 14.8. The Morgan fingerprint density at radius 1 is 0.298 bits per heavy atom. The van der Waals surface area contributed by atoms with E-state index in [2.05, 4.69) is 215 Å². The molecule has 0 aliphatic rings. The Morgan fingerprint density at radius 2 is 0.860 bits per heavy atom. The fourth-order valence-corrected chi connectivity index (χ4v) is 9.30. The largest absolute Gasteiger partial charge is 0.454 e. The first-order valence-corrected chi connectivity index (χ1v) is 19.5. The highest BCUT2D eigenvalue weighted by atomic mass is 16.3. The van der Waals surface area contributed by atoms with E-state index >= 15 is 0 Å². The molecule has 0 atom stereocenters. The third-order valence-electron chi connectivity index (χ3n) is 11.7. The molecule has 57 heavy (non-hydrogen) atoms. The smallest absolute Gasteiger partial charge is 0.160 e. The molecule has 0 spiro atoms. The minimum atomic E-state index is 0.885. The molecule has 3 nitrogen and oxygen atoms in total. The summed E-state index contributed by atoms with van der Waals surface area (Å²) >= 11 is 0. The number of hydrogen-bond acceptors (Lipinski definition) is 1. The zero-order valence-electron chi connectivity index (χ0n) is 30.9. The first-order valence-electron chi connectivity index (χ1n) is 19.5. The first-order chi connectivity index (χ1) is 28.3. The van der Waals surface area contributed by atoms with E-state index in [4.69, 9.17) is 4.42 Å². The van der Waals surface area contributed by atoms with Crippen LogP contribution < -0.4 is 0 Å². The zero-order chi connectivity index (χ0) is 37.5. The molecular weight excluding hydrogens is 693 g/mol. The van der Waals surface area contributed by atoms with E-state index < -0.39 is 0 Å². The molecule has 0 amide bonds. The molecule has 0 unspecified atom stereocenters. The third-order valence-corrected chi connectivity index (χ3v) is 11.7. The number of benzene rings is 9. The Kier molecular flexibility index (Phi) is 6.93. The lowest BCUT2D eigenvalue weighted by Gasteiger charge is -2.14. The van der Waals surface area contributed by atoms with Gasteiger partial charge in [0.1, 0.15) is 5.58 Å². The Morgan fingerprint density at radius 3 is 1.67 bits per heavy atom. The second-order valence-corrected chi connectivity index (χ2v) is 14.8. The van der Waals surface area contributed by atoms with Crippen LogP contribution in [-0.2, 0) is 0 Å². The topological polar surface area (TPSA) is 23.0 Å². The molecule has 3 aromatic heterocycles. The van der Waals surface area contributed by atoms with Crippen molar-refractivity contribution in [3.05, 3.63) is 206 Å². The number of aromatic nitrogens is 2. The molecule has 12 aromatic rings. The summed E-state index contributed by atoms with van der Waals surface area (Å²) < 4.78 is 11.7. The minimum absolute atomic E-state index is 0.885. The summed E-state index contributed by atoms with van der Waals surface area (Å²) in [6.45, 7) is 0. The lowest BCUT2D eigenvalue weighted by Crippen LogP contribution is -1.97. The van der Waals surface area contributed by atoms with E-state index in [0.29, 0.717) is 0 Å². The number of fused-ring (bicyclic) bond motifs is 9. The van der Waals surface area contributed by atoms with E-state index in [0.717, 1.165) is 38.7 Å². The summed E-state index contributed by atoms with van der Waals surface area (Å²) in [5, 5.41) is 7.14. The zero-order valence-corrected chi connectivity index (χ0v) is 30.9. The van der Waals surface area contributed by atoms with Crippen molar-refractivity contribution in [2.75, 3.05) is 0 Å². The van der Waals surface area contributed by atoms with Gasteiger partial charge >= 0.3 is 0 Å². The molecule has 0 radical (unpaired) electrons. The number of rotatable bonds is 5. The van der Waals surface area contributed by atoms with Gasteiger partial charge < -0.3 is 13.6 Å². The molecule has 12 rings (SSSR count). The van der Waals surface area contributed by atoms with E-state index in [1.165, 1.54) is 71.6 Å². The van der Waals surface area contributed by atoms with Crippen molar-refractivity contribution >= 4 is 65.6 Å². The van der Waals surface area contributed by atoms with Gasteiger partial charge in [0.05, 0.1) is 33.4 Å². The molecule has 0 saturated carbocycles. The highest BCUT2D eigenvalue weighted by Gasteiger charge is 2.23. The van der Waals surface area contributed by atoms with E-state index in [1.807, 2.05) is 0 Å². The molecule has 266 valence electrons. The number of furan rings is 1. The minimum Gasteiger partial charge on any atom is -0.454 e. The van der Waals surface area contributed by atoms with Crippen LogP contribution in [-0.4, -0.2) is 9.13 Å². The molecule has 3 heteroatoms. The van der Waals surface area contributed by atoms with Gasteiger partial charge in [-0.1, -0.05) is 158 Å². The van der Waals surface area contributed by atoms with E-state index in [9.17, 15) is 0 Å². The quantitative estimate of drug-likeness (QED) is 0.173. The van der Waals surface area contributed by atoms with Gasteiger partial charge in [-0.2, -0.15) is 0 Å². The molecule has 0 saturated heterocycles. The van der Waals surface area contributed by atoms with Crippen molar-refractivity contribution in [2.45, 2.75) is 0 Å². The van der Waals surface area contributed by atoms with Gasteiger partial charge in [-0.05, 0) is 76.3 Å². The summed E-state index contributed by atoms with van der Waals surface area (Å²) in [6.07, 6.45) is 0. The molecule has 0 N–H and O–H groups in total. The first kappa shape index (κ1) is 31.7. The predicted molar refractivity (Wildman–Crippen MR) is 239 cm³/mol. The lowest BCUT2D eigenvalue weighted by atomic mass is 9.97. The van der Waals surface area contributed by atoms with Crippen LogP contribution in [0.4, 0.5) is 0 Å². The van der Waals surface area contributed by atoms with Crippen LogP contribution in [0.25, 0.3) is 110 Å². The van der Waals surface area contributed by atoms with Crippen LogP contribution in [0.15, 0.2) is 211 Å². The molecular formula is C54H34N2O. The Bertz CT molecular complexity index is 3510. The second kappa shape index (κ2) is 12.5. The fraction of sp³-hybridized carbons (Fsp3) is 0. The maximum Gasteiger partial charge on any atom is 0.160 e. The molecule has 0 bridgehead atoms. The Hall–Kier alpha value is -7.62. The van der Waals surface area contributed by atoms with Crippen molar-refractivity contribution < 1.29 is 4.42 Å². The number of para-hydroxylation sites is 4. The van der Waals surface area contributed by atoms with Crippen LogP contribution in [0.3, 0.4) is 0 Å². The van der Waals surface area contributed by atoms with Crippen LogP contribution in [0.2, 0.25) is 0 Å².